The van der Waals surface area contributed by atoms with E-state index in [9.17, 15) is 14.0 Å². The molecule has 0 radical (unpaired) electrons. The molecule has 1 aromatic rings. The van der Waals surface area contributed by atoms with Crippen LogP contribution in [0.4, 0.5) is 9.18 Å². The van der Waals surface area contributed by atoms with E-state index in [2.05, 4.69) is 26.6 Å². The molecule has 5 nitrogen and oxygen atoms in total. The summed E-state index contributed by atoms with van der Waals surface area (Å²) in [7, 11) is 0. The number of hydrogen-bond acceptors (Lipinski definition) is 2. The van der Waals surface area contributed by atoms with Crippen LogP contribution in [0, 0.1) is 5.82 Å². The normalized spacial score (nSPS) is 18.0. The van der Waals surface area contributed by atoms with E-state index in [0.29, 0.717) is 42.5 Å². The summed E-state index contributed by atoms with van der Waals surface area (Å²) in [6, 6.07) is 4.25. The minimum absolute atomic E-state index is 0.140. The van der Waals surface area contributed by atoms with Crippen LogP contribution in [0.15, 0.2) is 22.7 Å². The number of halogens is 2. The Hall–Kier alpha value is -1.63. The molecular weight excluding hydrogens is 353 g/mol. The maximum atomic E-state index is 13.7. The molecule has 0 aromatic heterocycles. The van der Waals surface area contributed by atoms with Gasteiger partial charge in [0.1, 0.15) is 11.9 Å². The highest BCUT2D eigenvalue weighted by atomic mass is 79.9. The van der Waals surface area contributed by atoms with Crippen molar-refractivity contribution in [2.24, 2.45) is 0 Å². The molecule has 2 N–H and O–H groups in total. The second-order valence-corrected chi connectivity index (χ2v) is 6.15. The zero-order chi connectivity index (χ0) is 16.1. The van der Waals surface area contributed by atoms with Gasteiger partial charge in [0.05, 0.1) is 0 Å². The largest absolute Gasteiger partial charge is 0.353 e. The van der Waals surface area contributed by atoms with Gasteiger partial charge in [0.25, 0.3) is 0 Å². The lowest BCUT2D eigenvalue weighted by Crippen LogP contribution is -2.58. The fraction of sp³-hybridized carbons (Fsp3) is 0.467. The Kier molecular flexibility index (Phi) is 5.76. The summed E-state index contributed by atoms with van der Waals surface area (Å²) in [5, 5.41) is 5.49. The van der Waals surface area contributed by atoms with Gasteiger partial charge in [-0.15, -0.1) is 0 Å². The second-order valence-electron chi connectivity index (χ2n) is 5.23. The Morgan fingerprint density at radius 2 is 2.32 bits per heavy atom. The number of carbonyl (C=O) groups is 2. The van der Waals surface area contributed by atoms with Crippen molar-refractivity contribution in [1.82, 2.24) is 15.5 Å². The number of nitrogens with zero attached hydrogens (tertiary/aromatic N) is 1. The predicted octanol–water partition coefficient (Wildman–Crippen LogP) is 2.05. The first-order valence-corrected chi connectivity index (χ1v) is 8.04. The van der Waals surface area contributed by atoms with Crippen LogP contribution in [0.25, 0.3) is 0 Å². The predicted molar refractivity (Wildman–Crippen MR) is 85.0 cm³/mol. The van der Waals surface area contributed by atoms with Crippen molar-refractivity contribution >= 4 is 27.9 Å². The Labute approximate surface area is 137 Å². The Morgan fingerprint density at radius 1 is 1.55 bits per heavy atom. The lowest BCUT2D eigenvalue weighted by Gasteiger charge is -2.32. The minimum Gasteiger partial charge on any atom is -0.353 e. The van der Waals surface area contributed by atoms with Gasteiger partial charge >= 0.3 is 6.03 Å². The molecule has 1 unspecified atom stereocenters. The first-order valence-electron chi connectivity index (χ1n) is 7.25. The quantitative estimate of drug-likeness (QED) is 0.795. The first-order chi connectivity index (χ1) is 10.5. The fourth-order valence-corrected chi connectivity index (χ4v) is 2.69. The maximum Gasteiger partial charge on any atom is 0.318 e. The van der Waals surface area contributed by atoms with Gasteiger partial charge < -0.3 is 15.5 Å². The highest BCUT2D eigenvalue weighted by molar-refractivity contribution is 9.10. The van der Waals surface area contributed by atoms with Crippen molar-refractivity contribution in [3.8, 4) is 0 Å². The van der Waals surface area contributed by atoms with Crippen LogP contribution >= 0.6 is 15.9 Å². The number of amides is 3. The van der Waals surface area contributed by atoms with E-state index in [4.69, 9.17) is 0 Å². The van der Waals surface area contributed by atoms with Gasteiger partial charge in [0, 0.05) is 24.1 Å². The van der Waals surface area contributed by atoms with Crippen molar-refractivity contribution in [3.05, 3.63) is 34.1 Å². The molecule has 1 aliphatic heterocycles. The van der Waals surface area contributed by atoms with E-state index in [1.807, 2.05) is 0 Å². The summed E-state index contributed by atoms with van der Waals surface area (Å²) in [6.45, 7) is 3.12. The number of aryl methyl sites for hydroxylation is 1. The van der Waals surface area contributed by atoms with Gasteiger partial charge in [-0.1, -0.05) is 22.0 Å². The van der Waals surface area contributed by atoms with E-state index in [1.165, 1.54) is 11.0 Å². The van der Waals surface area contributed by atoms with E-state index in [0.717, 1.165) is 0 Å². The summed E-state index contributed by atoms with van der Waals surface area (Å²) in [5.74, 6) is -0.389. The number of nitrogens with one attached hydrogen (secondary N) is 2. The molecule has 7 heteroatoms. The van der Waals surface area contributed by atoms with Crippen LogP contribution in [-0.2, 0) is 11.2 Å². The number of benzene rings is 1. The molecule has 1 aliphatic rings. The molecule has 1 atom stereocenters. The molecule has 1 saturated heterocycles. The van der Waals surface area contributed by atoms with Crippen molar-refractivity contribution in [2.45, 2.75) is 25.8 Å². The third-order valence-corrected chi connectivity index (χ3v) is 4.17. The summed E-state index contributed by atoms with van der Waals surface area (Å²) < 4.78 is 14.4. The zero-order valence-electron chi connectivity index (χ0n) is 12.4. The molecule has 1 fully saturated rings. The van der Waals surface area contributed by atoms with Crippen LogP contribution in [0.2, 0.25) is 0 Å². The van der Waals surface area contributed by atoms with Gasteiger partial charge in [-0.2, -0.15) is 0 Å². The first kappa shape index (κ1) is 16.7. The number of urea groups is 1. The average Bonchev–Trinajstić information content (AvgIpc) is 2.48. The Bertz CT molecular complexity index is 568. The fourth-order valence-electron chi connectivity index (χ4n) is 2.36. The third kappa shape index (κ3) is 4.19. The maximum absolute atomic E-state index is 13.7. The zero-order valence-corrected chi connectivity index (χ0v) is 14.0. The lowest BCUT2D eigenvalue weighted by molar-refractivity contribution is -0.126. The van der Waals surface area contributed by atoms with E-state index in [-0.39, 0.29) is 17.8 Å². The van der Waals surface area contributed by atoms with Crippen molar-refractivity contribution in [2.75, 3.05) is 19.6 Å². The lowest BCUT2D eigenvalue weighted by atomic mass is 10.1. The molecule has 22 heavy (non-hydrogen) atoms. The highest BCUT2D eigenvalue weighted by Crippen LogP contribution is 2.16. The van der Waals surface area contributed by atoms with Gasteiger partial charge in [0.2, 0.25) is 5.91 Å². The number of rotatable bonds is 4. The standard InChI is InChI=1S/C15H19BrFN3O2/c1-10-14(21)18-7-8-20(10)15(22)19-6-2-3-11-4-5-12(16)9-13(11)17/h4-5,9-10H,2-3,6-8H2,1H3,(H,18,21)(H,19,22). The molecule has 3 amide bonds. The molecule has 0 spiro atoms. The molecule has 120 valence electrons. The van der Waals surface area contributed by atoms with Gasteiger partial charge in [-0.05, 0) is 37.5 Å². The van der Waals surface area contributed by atoms with Gasteiger partial charge in [-0.3, -0.25) is 4.79 Å². The smallest absolute Gasteiger partial charge is 0.318 e. The topological polar surface area (TPSA) is 61.4 Å². The van der Waals surface area contributed by atoms with Crippen LogP contribution in [0.3, 0.4) is 0 Å². The van der Waals surface area contributed by atoms with Gasteiger partial charge in [-0.25, -0.2) is 9.18 Å². The van der Waals surface area contributed by atoms with Crippen LogP contribution in [0.1, 0.15) is 18.9 Å². The van der Waals surface area contributed by atoms with E-state index < -0.39 is 6.04 Å². The molecule has 0 aliphatic carbocycles. The van der Waals surface area contributed by atoms with Crippen LogP contribution in [-0.4, -0.2) is 42.5 Å². The summed E-state index contributed by atoms with van der Waals surface area (Å²) >= 11 is 3.22. The second kappa shape index (κ2) is 7.58. The molecule has 0 bridgehead atoms. The summed E-state index contributed by atoms with van der Waals surface area (Å²) in [6.07, 6.45) is 1.19. The minimum atomic E-state index is -0.460. The average molecular weight is 372 g/mol. The monoisotopic (exact) mass is 371 g/mol. The molecule has 1 heterocycles. The molecule has 0 saturated carbocycles. The van der Waals surface area contributed by atoms with E-state index >= 15 is 0 Å². The molecular formula is C15H19BrFN3O2. The van der Waals surface area contributed by atoms with Crippen molar-refractivity contribution < 1.29 is 14.0 Å². The summed E-state index contributed by atoms with van der Waals surface area (Å²) in [5.41, 5.74) is 0.628. The number of piperazine rings is 1. The molecule has 2 rings (SSSR count). The molecule has 1 aromatic carbocycles. The number of carbonyl (C=O) groups excluding carboxylic acids is 2. The van der Waals surface area contributed by atoms with Crippen molar-refractivity contribution in [1.29, 1.82) is 0 Å². The number of hydrogen-bond donors (Lipinski definition) is 2. The third-order valence-electron chi connectivity index (χ3n) is 3.67. The Morgan fingerprint density at radius 3 is 3.05 bits per heavy atom. The highest BCUT2D eigenvalue weighted by Gasteiger charge is 2.28. The van der Waals surface area contributed by atoms with Crippen molar-refractivity contribution in [3.63, 3.8) is 0 Å². The van der Waals surface area contributed by atoms with Gasteiger partial charge in [0.15, 0.2) is 0 Å². The van der Waals surface area contributed by atoms with E-state index in [1.54, 1.807) is 19.1 Å². The van der Waals surface area contributed by atoms with Crippen LogP contribution < -0.4 is 10.6 Å². The summed E-state index contributed by atoms with van der Waals surface area (Å²) in [4.78, 5) is 25.1. The SMILES string of the molecule is CC1C(=O)NCCN1C(=O)NCCCc1ccc(Br)cc1F. The van der Waals surface area contributed by atoms with Crippen LogP contribution in [0.5, 0.6) is 0 Å². The Balaban J connectivity index is 1.76.